The van der Waals surface area contributed by atoms with E-state index in [-0.39, 0.29) is 0 Å². The van der Waals surface area contributed by atoms with Crippen LogP contribution in [0.15, 0.2) is 9.59 Å². The molecule has 33 heavy (non-hydrogen) atoms. The molecule has 1 aromatic heterocycles. The third-order valence-corrected chi connectivity index (χ3v) is 4.52. The summed E-state index contributed by atoms with van der Waals surface area (Å²) in [6.07, 6.45) is -7.99. The van der Waals surface area contributed by atoms with Crippen molar-refractivity contribution in [2.75, 3.05) is 6.61 Å². The fourth-order valence-electron chi connectivity index (χ4n) is 3.26. The first-order chi connectivity index (χ1) is 15.3. The van der Waals surface area contributed by atoms with Gasteiger partial charge in [-0.15, -0.1) is 0 Å². The van der Waals surface area contributed by atoms with Gasteiger partial charge in [-0.05, 0) is 6.92 Å². The Balaban J connectivity index is 2.72. The van der Waals surface area contributed by atoms with Gasteiger partial charge in [0.2, 0.25) is 5.95 Å². The summed E-state index contributed by atoms with van der Waals surface area (Å²) >= 11 is 0. The fourth-order valence-corrected chi connectivity index (χ4v) is 3.26. The Morgan fingerprint density at radius 1 is 0.909 bits per heavy atom. The number of nitrogens with one attached hydrogen (secondary N) is 1. The first-order valence-electron chi connectivity index (χ1n) is 9.64. The average Bonchev–Trinajstić information content (AvgIpc) is 2.68. The summed E-state index contributed by atoms with van der Waals surface area (Å²) in [7, 11) is 0. The van der Waals surface area contributed by atoms with Crippen molar-refractivity contribution < 1.29 is 47.3 Å². The molecule has 0 spiro atoms. The summed E-state index contributed by atoms with van der Waals surface area (Å²) in [4.78, 5) is 72.8. The Kier molecular flexibility index (Phi) is 8.08. The zero-order valence-electron chi connectivity index (χ0n) is 18.4. The largest absolute Gasteiger partial charge is 0.463 e. The van der Waals surface area contributed by atoms with E-state index in [0.717, 1.165) is 34.6 Å². The summed E-state index contributed by atoms with van der Waals surface area (Å²) in [6.45, 7) is 4.66. The molecule has 0 bridgehead atoms. The maximum atomic E-state index is 15.0. The highest BCUT2D eigenvalue weighted by atomic mass is 19.1. The van der Waals surface area contributed by atoms with Crippen LogP contribution in [-0.2, 0) is 42.9 Å². The maximum absolute atomic E-state index is 15.0. The Bertz CT molecular complexity index is 1060. The molecule has 2 rings (SSSR count). The first kappa shape index (κ1) is 25.7. The molecule has 0 aromatic carbocycles. The predicted octanol–water partition coefficient (Wildman–Crippen LogP) is -0.760. The number of rotatable bonds is 6. The van der Waals surface area contributed by atoms with Crippen molar-refractivity contribution in [3.8, 4) is 0 Å². The van der Waals surface area contributed by atoms with Crippen molar-refractivity contribution in [2.45, 2.75) is 65.3 Å². The van der Waals surface area contributed by atoms with Crippen LogP contribution in [0.5, 0.6) is 0 Å². The summed E-state index contributed by atoms with van der Waals surface area (Å²) in [5.41, 5.74) is -2.74. The Hall–Kier alpha value is -3.55. The van der Waals surface area contributed by atoms with Crippen molar-refractivity contribution >= 4 is 23.9 Å². The van der Waals surface area contributed by atoms with Crippen LogP contribution in [0, 0.1) is 12.9 Å². The Morgan fingerprint density at radius 3 is 1.94 bits per heavy atom. The van der Waals surface area contributed by atoms with Gasteiger partial charge in [0.05, 0.1) is 5.56 Å². The normalized spacial score (nSPS) is 24.5. The number of nitrogens with zero attached hydrogens (tertiary/aromatic N) is 1. The highest BCUT2D eigenvalue weighted by molar-refractivity contribution is 5.68. The highest BCUT2D eigenvalue weighted by Gasteiger charge is 2.53. The van der Waals surface area contributed by atoms with Crippen LogP contribution in [0.4, 0.5) is 4.39 Å². The van der Waals surface area contributed by atoms with Gasteiger partial charge in [0, 0.05) is 27.7 Å². The van der Waals surface area contributed by atoms with Gasteiger partial charge in [0.1, 0.15) is 12.7 Å². The van der Waals surface area contributed by atoms with Crippen molar-refractivity contribution in [1.82, 2.24) is 9.55 Å². The number of H-pyrrole nitrogens is 1. The number of aromatic nitrogens is 2. The molecule has 0 amide bonds. The van der Waals surface area contributed by atoms with Crippen LogP contribution >= 0.6 is 0 Å². The van der Waals surface area contributed by atoms with E-state index in [0.29, 0.717) is 4.57 Å². The van der Waals surface area contributed by atoms with E-state index in [2.05, 4.69) is 0 Å². The number of esters is 4. The number of aromatic amines is 1. The van der Waals surface area contributed by atoms with Crippen molar-refractivity contribution in [2.24, 2.45) is 0 Å². The van der Waals surface area contributed by atoms with E-state index < -0.39 is 83.9 Å². The van der Waals surface area contributed by atoms with E-state index in [9.17, 15) is 28.8 Å². The summed E-state index contributed by atoms with van der Waals surface area (Å²) in [5, 5.41) is 0. The number of halogens is 1. The van der Waals surface area contributed by atoms with Crippen molar-refractivity contribution in [3.63, 3.8) is 0 Å². The van der Waals surface area contributed by atoms with Crippen molar-refractivity contribution in [1.29, 1.82) is 0 Å². The SMILES string of the molecule is CC(=O)OC[C@@H]1O[C@H](n2c(F)c(C)c(=O)[nH]c2=O)[C@@H](OC(C)=O)[C@H](OC(C)=O)[C@@H]1OC(C)=O. The molecule has 0 saturated carbocycles. The third-order valence-electron chi connectivity index (χ3n) is 4.52. The van der Waals surface area contributed by atoms with Crippen LogP contribution in [0.25, 0.3) is 0 Å². The molecule has 2 heterocycles. The lowest BCUT2D eigenvalue weighted by Gasteiger charge is -2.44. The minimum Gasteiger partial charge on any atom is -0.463 e. The quantitative estimate of drug-likeness (QED) is 0.312. The molecular formula is C19H23FN2O11. The molecule has 14 heteroatoms. The van der Waals surface area contributed by atoms with Crippen LogP contribution < -0.4 is 11.2 Å². The predicted molar refractivity (Wildman–Crippen MR) is 103 cm³/mol. The van der Waals surface area contributed by atoms with Gasteiger partial charge in [-0.2, -0.15) is 4.39 Å². The molecule has 5 atom stereocenters. The molecular weight excluding hydrogens is 451 g/mol. The lowest BCUT2D eigenvalue weighted by molar-refractivity contribution is -0.270. The van der Waals surface area contributed by atoms with Crippen LogP contribution in [0.1, 0.15) is 39.5 Å². The molecule has 1 fully saturated rings. The van der Waals surface area contributed by atoms with E-state index in [4.69, 9.17) is 23.7 Å². The number of hydrogen-bond donors (Lipinski definition) is 1. The van der Waals surface area contributed by atoms with E-state index >= 15 is 4.39 Å². The summed E-state index contributed by atoms with van der Waals surface area (Å²) in [6, 6.07) is 0. The van der Waals surface area contributed by atoms with Crippen LogP contribution in [0.3, 0.4) is 0 Å². The maximum Gasteiger partial charge on any atom is 0.332 e. The lowest BCUT2D eigenvalue weighted by Crippen LogP contribution is -2.62. The molecule has 13 nitrogen and oxygen atoms in total. The first-order valence-corrected chi connectivity index (χ1v) is 9.64. The summed E-state index contributed by atoms with van der Waals surface area (Å²) in [5.74, 6) is -4.74. The van der Waals surface area contributed by atoms with Gasteiger partial charge in [-0.3, -0.25) is 29.0 Å². The van der Waals surface area contributed by atoms with E-state index in [1.165, 1.54) is 0 Å². The minimum atomic E-state index is -1.81. The molecule has 1 saturated heterocycles. The molecule has 182 valence electrons. The van der Waals surface area contributed by atoms with E-state index in [1.54, 1.807) is 0 Å². The zero-order valence-corrected chi connectivity index (χ0v) is 18.4. The Labute approximate surface area is 185 Å². The molecule has 1 N–H and O–H groups in total. The van der Waals surface area contributed by atoms with Crippen LogP contribution in [-0.4, -0.2) is 64.5 Å². The molecule has 1 aliphatic heterocycles. The lowest BCUT2D eigenvalue weighted by atomic mass is 9.97. The highest BCUT2D eigenvalue weighted by Crippen LogP contribution is 2.34. The second-order valence-corrected chi connectivity index (χ2v) is 7.13. The molecule has 0 unspecified atom stereocenters. The summed E-state index contributed by atoms with van der Waals surface area (Å²) < 4.78 is 41.5. The second-order valence-electron chi connectivity index (χ2n) is 7.13. The molecule has 0 radical (unpaired) electrons. The van der Waals surface area contributed by atoms with Gasteiger partial charge < -0.3 is 23.7 Å². The Morgan fingerprint density at radius 2 is 1.42 bits per heavy atom. The number of carbonyl (C=O) groups is 4. The van der Waals surface area contributed by atoms with Crippen molar-refractivity contribution in [3.05, 3.63) is 32.3 Å². The molecule has 1 aromatic rings. The standard InChI is InChI=1S/C19H23FN2O11/c1-7-16(20)22(19(28)21-17(7)27)18-15(32-11(5)26)14(31-10(4)25)13(30-9(3)24)12(33-18)6-29-8(2)23/h12-15,18H,6H2,1-5H3,(H,21,27,28)/t12-,13+,14+,15-,18-/m0/s1. The minimum absolute atomic E-state index is 0.353. The topological polar surface area (TPSA) is 169 Å². The van der Waals surface area contributed by atoms with Gasteiger partial charge >= 0.3 is 29.6 Å². The van der Waals surface area contributed by atoms with Gasteiger partial charge in [0.15, 0.2) is 24.5 Å². The van der Waals surface area contributed by atoms with Gasteiger partial charge in [0.25, 0.3) is 5.56 Å². The monoisotopic (exact) mass is 474 g/mol. The molecule has 0 aliphatic carbocycles. The van der Waals surface area contributed by atoms with Crippen LogP contribution in [0.2, 0.25) is 0 Å². The van der Waals surface area contributed by atoms with Gasteiger partial charge in [-0.1, -0.05) is 0 Å². The third kappa shape index (κ3) is 6.03. The number of hydrogen-bond acceptors (Lipinski definition) is 11. The second kappa shape index (κ2) is 10.4. The number of carbonyl (C=O) groups excluding carboxylic acids is 4. The zero-order chi connectivity index (χ0) is 25.0. The average molecular weight is 474 g/mol. The van der Waals surface area contributed by atoms with E-state index in [1.807, 2.05) is 4.98 Å². The smallest absolute Gasteiger partial charge is 0.332 e. The fraction of sp³-hybridized carbons (Fsp3) is 0.579. The molecule has 1 aliphatic rings. The number of ether oxygens (including phenoxy) is 5. The van der Waals surface area contributed by atoms with Gasteiger partial charge in [-0.25, -0.2) is 9.36 Å².